The molecule has 0 radical (unpaired) electrons. The molecule has 0 unspecified atom stereocenters. The Kier molecular flexibility index (Phi) is 3.83. The van der Waals surface area contributed by atoms with E-state index in [9.17, 15) is 5.26 Å². The predicted molar refractivity (Wildman–Crippen MR) is 70.5 cm³/mol. The fourth-order valence-corrected chi connectivity index (χ4v) is 2.48. The van der Waals surface area contributed by atoms with Gasteiger partial charge < -0.3 is 10.0 Å². The van der Waals surface area contributed by atoms with Gasteiger partial charge in [-0.3, -0.25) is 0 Å². The lowest BCUT2D eigenvalue weighted by molar-refractivity contribution is 0.298. The van der Waals surface area contributed by atoms with Crippen molar-refractivity contribution in [2.24, 2.45) is 0 Å². The molecule has 4 nitrogen and oxygen atoms in total. The molecule has 0 aliphatic heterocycles. The summed E-state index contributed by atoms with van der Waals surface area (Å²) in [7, 11) is 0. The van der Waals surface area contributed by atoms with Gasteiger partial charge in [0.15, 0.2) is 0 Å². The van der Waals surface area contributed by atoms with Crippen LogP contribution in [0.4, 0.5) is 5.82 Å². The maximum absolute atomic E-state index is 9.27. The number of fused-ring (bicyclic) bond motifs is 1. The number of hydrogen-bond acceptors (Lipinski definition) is 4. The third-order valence-electron chi connectivity index (χ3n) is 3.39. The predicted octanol–water partition coefficient (Wildman–Crippen LogP) is 1.65. The molecule has 4 heteroatoms. The molecule has 0 aromatic carbocycles. The van der Waals surface area contributed by atoms with Crippen molar-refractivity contribution in [3.05, 3.63) is 22.9 Å². The number of hydrogen-bond donors (Lipinski definition) is 1. The Morgan fingerprint density at radius 1 is 1.50 bits per heavy atom. The van der Waals surface area contributed by atoms with E-state index in [2.05, 4.69) is 11.1 Å². The van der Waals surface area contributed by atoms with Crippen molar-refractivity contribution in [1.82, 2.24) is 4.98 Å². The van der Waals surface area contributed by atoms with Crippen LogP contribution in [0.1, 0.15) is 37.1 Å². The normalized spacial score (nSPS) is 13.5. The molecule has 1 aliphatic carbocycles. The zero-order valence-electron chi connectivity index (χ0n) is 11.0. The molecule has 1 heterocycles. The van der Waals surface area contributed by atoms with Crippen molar-refractivity contribution >= 4 is 5.82 Å². The second kappa shape index (κ2) is 5.36. The highest BCUT2D eigenvalue weighted by Gasteiger charge is 2.21. The fraction of sp³-hybridized carbons (Fsp3) is 0.571. The first-order valence-electron chi connectivity index (χ1n) is 6.47. The van der Waals surface area contributed by atoms with Gasteiger partial charge in [0.1, 0.15) is 11.9 Å². The molecule has 0 saturated heterocycles. The minimum Gasteiger partial charge on any atom is -0.395 e. The molecule has 0 saturated carbocycles. The number of nitriles is 1. The molecule has 0 fully saturated rings. The van der Waals surface area contributed by atoms with E-state index in [0.29, 0.717) is 12.1 Å². The maximum Gasteiger partial charge on any atom is 0.147 e. The van der Waals surface area contributed by atoms with Crippen LogP contribution in [0.15, 0.2) is 6.07 Å². The van der Waals surface area contributed by atoms with Crippen LogP contribution < -0.4 is 4.90 Å². The molecular formula is C14H19N3O. The first-order chi connectivity index (χ1) is 8.67. The highest BCUT2D eigenvalue weighted by molar-refractivity contribution is 5.57. The van der Waals surface area contributed by atoms with Gasteiger partial charge in [-0.05, 0) is 44.7 Å². The van der Waals surface area contributed by atoms with Gasteiger partial charge >= 0.3 is 0 Å². The molecule has 1 aliphatic rings. The van der Waals surface area contributed by atoms with Gasteiger partial charge in [-0.2, -0.15) is 5.26 Å². The van der Waals surface area contributed by atoms with E-state index in [4.69, 9.17) is 5.11 Å². The number of nitrogens with zero attached hydrogens (tertiary/aromatic N) is 3. The summed E-state index contributed by atoms with van der Waals surface area (Å²) in [5.41, 5.74) is 2.95. The highest BCUT2D eigenvalue weighted by Crippen LogP contribution is 2.27. The van der Waals surface area contributed by atoms with Crippen LogP contribution in [0.5, 0.6) is 0 Å². The van der Waals surface area contributed by atoms with Crippen LogP contribution in [0, 0.1) is 11.3 Å². The number of aliphatic hydroxyl groups is 1. The summed E-state index contributed by atoms with van der Waals surface area (Å²) in [6, 6.07) is 4.42. The van der Waals surface area contributed by atoms with Gasteiger partial charge in [-0.25, -0.2) is 4.98 Å². The molecule has 1 aromatic rings. The molecule has 0 bridgehead atoms. The summed E-state index contributed by atoms with van der Waals surface area (Å²) in [4.78, 5) is 6.65. The Balaban J connectivity index is 2.45. The third-order valence-corrected chi connectivity index (χ3v) is 3.39. The largest absolute Gasteiger partial charge is 0.395 e. The number of rotatable bonds is 4. The summed E-state index contributed by atoms with van der Waals surface area (Å²) in [6.45, 7) is 4.68. The number of aromatic nitrogens is 1. The van der Waals surface area contributed by atoms with Crippen LogP contribution in [0.25, 0.3) is 0 Å². The highest BCUT2D eigenvalue weighted by atomic mass is 16.3. The summed E-state index contributed by atoms with van der Waals surface area (Å²) in [6.07, 6.45) is 3.15. The number of aryl methyl sites for hydroxylation is 2. The zero-order chi connectivity index (χ0) is 13.1. The smallest absolute Gasteiger partial charge is 0.147 e. The second-order valence-electron chi connectivity index (χ2n) is 4.94. The molecule has 0 spiro atoms. The lowest BCUT2D eigenvalue weighted by atomic mass is 10.1. The van der Waals surface area contributed by atoms with E-state index in [1.807, 2.05) is 24.8 Å². The number of anilines is 1. The van der Waals surface area contributed by atoms with Crippen molar-refractivity contribution in [2.45, 2.75) is 39.2 Å². The van der Waals surface area contributed by atoms with Crippen molar-refractivity contribution in [3.63, 3.8) is 0 Å². The second-order valence-corrected chi connectivity index (χ2v) is 4.94. The minimum atomic E-state index is 0.0712. The first-order valence-corrected chi connectivity index (χ1v) is 6.47. The van der Waals surface area contributed by atoms with E-state index in [1.54, 1.807) is 0 Å². The Labute approximate surface area is 108 Å². The SMILES string of the molecule is CC(C)N(CCO)c1nc2c(cc1C#N)CCC2. The van der Waals surface area contributed by atoms with Crippen LogP contribution >= 0.6 is 0 Å². The van der Waals surface area contributed by atoms with E-state index in [-0.39, 0.29) is 12.6 Å². The monoisotopic (exact) mass is 245 g/mol. The van der Waals surface area contributed by atoms with Gasteiger partial charge in [0.2, 0.25) is 0 Å². The standard InChI is InChI=1S/C14H19N3O/c1-10(2)17(6-7-18)14-12(9-15)8-11-4-3-5-13(11)16-14/h8,10,18H,3-7H2,1-2H3. The van der Waals surface area contributed by atoms with Crippen molar-refractivity contribution in [1.29, 1.82) is 5.26 Å². The van der Waals surface area contributed by atoms with Crippen molar-refractivity contribution in [3.8, 4) is 6.07 Å². The molecule has 1 N–H and O–H groups in total. The summed E-state index contributed by atoms with van der Waals surface area (Å²) in [5, 5.41) is 18.4. The van der Waals surface area contributed by atoms with Gasteiger partial charge in [0.25, 0.3) is 0 Å². The molecular weight excluding hydrogens is 226 g/mol. The molecule has 96 valence electrons. The number of aliphatic hydroxyl groups excluding tert-OH is 1. The first kappa shape index (κ1) is 12.8. The Hall–Kier alpha value is -1.60. The Morgan fingerprint density at radius 2 is 2.28 bits per heavy atom. The third kappa shape index (κ3) is 2.32. The number of pyridine rings is 1. The van der Waals surface area contributed by atoms with Gasteiger partial charge in [-0.1, -0.05) is 0 Å². The molecule has 1 aromatic heterocycles. The van der Waals surface area contributed by atoms with Gasteiger partial charge in [0.05, 0.1) is 12.2 Å². The minimum absolute atomic E-state index is 0.0712. The Morgan fingerprint density at radius 3 is 2.89 bits per heavy atom. The lowest BCUT2D eigenvalue weighted by Crippen LogP contribution is -2.35. The summed E-state index contributed by atoms with van der Waals surface area (Å²) < 4.78 is 0. The zero-order valence-corrected chi connectivity index (χ0v) is 11.0. The van der Waals surface area contributed by atoms with Crippen LogP contribution in [-0.2, 0) is 12.8 Å². The van der Waals surface area contributed by atoms with Crippen molar-refractivity contribution in [2.75, 3.05) is 18.1 Å². The van der Waals surface area contributed by atoms with E-state index >= 15 is 0 Å². The topological polar surface area (TPSA) is 60.1 Å². The average Bonchev–Trinajstić information content (AvgIpc) is 2.81. The van der Waals surface area contributed by atoms with Gasteiger partial charge in [0, 0.05) is 18.3 Å². The average molecular weight is 245 g/mol. The van der Waals surface area contributed by atoms with Crippen molar-refractivity contribution < 1.29 is 5.11 Å². The molecule has 18 heavy (non-hydrogen) atoms. The fourth-order valence-electron chi connectivity index (χ4n) is 2.48. The Bertz CT molecular complexity index is 477. The van der Waals surface area contributed by atoms with Crippen LogP contribution in [0.2, 0.25) is 0 Å². The summed E-state index contributed by atoms with van der Waals surface area (Å²) >= 11 is 0. The van der Waals surface area contributed by atoms with E-state index in [0.717, 1.165) is 30.8 Å². The van der Waals surface area contributed by atoms with E-state index in [1.165, 1.54) is 5.56 Å². The quantitative estimate of drug-likeness (QED) is 0.876. The molecule has 2 rings (SSSR count). The molecule has 0 amide bonds. The van der Waals surface area contributed by atoms with Crippen LogP contribution in [0.3, 0.4) is 0 Å². The van der Waals surface area contributed by atoms with Gasteiger partial charge in [-0.15, -0.1) is 0 Å². The van der Waals surface area contributed by atoms with Crippen LogP contribution in [-0.4, -0.2) is 29.3 Å². The molecule has 0 atom stereocenters. The summed E-state index contributed by atoms with van der Waals surface area (Å²) in [5.74, 6) is 0.724. The lowest BCUT2D eigenvalue weighted by Gasteiger charge is -2.28. The maximum atomic E-state index is 9.27. The van der Waals surface area contributed by atoms with E-state index < -0.39 is 0 Å².